The van der Waals surface area contributed by atoms with E-state index in [4.69, 9.17) is 0 Å². The lowest BCUT2D eigenvalue weighted by Gasteiger charge is -2.18. The zero-order valence-electron chi connectivity index (χ0n) is 14.2. The maximum Gasteiger partial charge on any atom is 0.0945 e. The molecule has 6 heteroatoms. The van der Waals surface area contributed by atoms with E-state index in [1.165, 1.54) is 11.3 Å². The molecule has 0 saturated heterocycles. The van der Waals surface area contributed by atoms with Gasteiger partial charge in [-0.3, -0.25) is 4.68 Å². The third kappa shape index (κ3) is 3.64. The number of imidazole rings is 1. The zero-order chi connectivity index (χ0) is 16.4. The van der Waals surface area contributed by atoms with E-state index < -0.39 is 0 Å². The Bertz CT molecular complexity index is 619. The van der Waals surface area contributed by atoms with Crippen molar-refractivity contribution in [3.05, 3.63) is 36.2 Å². The Morgan fingerprint density at radius 1 is 1.39 bits per heavy atom. The van der Waals surface area contributed by atoms with Crippen molar-refractivity contribution in [2.45, 2.75) is 57.8 Å². The molecule has 2 aromatic rings. The van der Waals surface area contributed by atoms with Gasteiger partial charge in [0, 0.05) is 38.6 Å². The van der Waals surface area contributed by atoms with Crippen LogP contribution in [0.25, 0.3) is 0 Å². The van der Waals surface area contributed by atoms with E-state index in [-0.39, 0.29) is 12.1 Å². The Labute approximate surface area is 137 Å². The first-order chi connectivity index (χ1) is 11.0. The first-order valence-corrected chi connectivity index (χ1v) is 8.42. The average molecular weight is 317 g/mol. The maximum atomic E-state index is 10.4. The third-order valence-electron chi connectivity index (χ3n) is 4.90. The second-order valence-electron chi connectivity index (χ2n) is 6.98. The molecule has 1 aliphatic carbocycles. The number of aromatic nitrogens is 4. The number of hydrogen-bond acceptors (Lipinski definition) is 4. The quantitative estimate of drug-likeness (QED) is 0.850. The molecule has 0 spiro atoms. The summed E-state index contributed by atoms with van der Waals surface area (Å²) in [6.07, 6.45) is 9.15. The van der Waals surface area contributed by atoms with Gasteiger partial charge in [0.25, 0.3) is 0 Å². The van der Waals surface area contributed by atoms with Crippen LogP contribution in [0.2, 0.25) is 0 Å². The van der Waals surface area contributed by atoms with Gasteiger partial charge in [-0.05, 0) is 30.2 Å². The van der Waals surface area contributed by atoms with Crippen molar-refractivity contribution in [1.29, 1.82) is 0 Å². The highest BCUT2D eigenvalue weighted by atomic mass is 16.3. The van der Waals surface area contributed by atoms with Gasteiger partial charge in [-0.15, -0.1) is 0 Å². The molecule has 1 fully saturated rings. The van der Waals surface area contributed by atoms with Crippen molar-refractivity contribution in [3.63, 3.8) is 0 Å². The molecule has 126 valence electrons. The standard InChI is InChI=1S/C17H27N5O/c1-12(2)14-8-20-21(3)16(14)9-19-15-6-13(7-17(15)23)10-22-5-4-18-11-22/h4-5,8,11-13,15,17,19,23H,6-7,9-10H2,1-3H3/t13?,15-,17-/m1/s1. The van der Waals surface area contributed by atoms with Crippen LogP contribution in [0.4, 0.5) is 0 Å². The Kier molecular flexibility index (Phi) is 4.82. The third-order valence-corrected chi connectivity index (χ3v) is 4.90. The van der Waals surface area contributed by atoms with Crippen molar-refractivity contribution in [1.82, 2.24) is 24.6 Å². The molecule has 0 amide bonds. The summed E-state index contributed by atoms with van der Waals surface area (Å²) in [5.41, 5.74) is 2.49. The van der Waals surface area contributed by atoms with Crippen LogP contribution in [0.5, 0.6) is 0 Å². The van der Waals surface area contributed by atoms with E-state index >= 15 is 0 Å². The topological polar surface area (TPSA) is 67.9 Å². The molecule has 0 bridgehead atoms. The summed E-state index contributed by atoms with van der Waals surface area (Å²) < 4.78 is 4.03. The van der Waals surface area contributed by atoms with E-state index in [9.17, 15) is 5.11 Å². The number of nitrogens with one attached hydrogen (secondary N) is 1. The SMILES string of the molecule is CC(C)c1cnn(C)c1CN[C@@H]1CC(Cn2ccnc2)C[C@H]1O. The van der Waals surface area contributed by atoms with Gasteiger partial charge in [-0.25, -0.2) is 4.98 Å². The smallest absolute Gasteiger partial charge is 0.0945 e. The second-order valence-corrected chi connectivity index (χ2v) is 6.98. The van der Waals surface area contributed by atoms with Gasteiger partial charge >= 0.3 is 0 Å². The largest absolute Gasteiger partial charge is 0.391 e. The Morgan fingerprint density at radius 3 is 2.91 bits per heavy atom. The minimum Gasteiger partial charge on any atom is -0.391 e. The first kappa shape index (κ1) is 16.2. The Morgan fingerprint density at radius 2 is 2.22 bits per heavy atom. The van der Waals surface area contributed by atoms with Crippen LogP contribution in [0.15, 0.2) is 24.9 Å². The Hall–Kier alpha value is -1.66. The summed E-state index contributed by atoms with van der Waals surface area (Å²) in [7, 11) is 1.98. The number of aryl methyl sites for hydroxylation is 1. The van der Waals surface area contributed by atoms with Gasteiger partial charge in [-0.1, -0.05) is 13.8 Å². The fourth-order valence-electron chi connectivity index (χ4n) is 3.59. The minimum atomic E-state index is -0.278. The van der Waals surface area contributed by atoms with Crippen LogP contribution >= 0.6 is 0 Å². The summed E-state index contributed by atoms with van der Waals surface area (Å²) in [6.45, 7) is 6.06. The lowest BCUT2D eigenvalue weighted by Crippen LogP contribution is -2.35. The molecule has 1 saturated carbocycles. The van der Waals surface area contributed by atoms with Crippen LogP contribution in [0, 0.1) is 5.92 Å². The van der Waals surface area contributed by atoms with Crippen molar-refractivity contribution in [2.75, 3.05) is 0 Å². The molecule has 2 aromatic heterocycles. The van der Waals surface area contributed by atoms with E-state index in [0.29, 0.717) is 11.8 Å². The van der Waals surface area contributed by atoms with Gasteiger partial charge in [0.2, 0.25) is 0 Å². The van der Waals surface area contributed by atoms with Gasteiger partial charge in [0.15, 0.2) is 0 Å². The number of aliphatic hydroxyl groups excluding tert-OH is 1. The summed E-state index contributed by atoms with van der Waals surface area (Å²) in [5, 5.41) is 18.3. The van der Waals surface area contributed by atoms with Gasteiger partial charge in [0.05, 0.1) is 24.3 Å². The van der Waals surface area contributed by atoms with Crippen LogP contribution in [0.3, 0.4) is 0 Å². The molecule has 6 nitrogen and oxygen atoms in total. The van der Waals surface area contributed by atoms with E-state index in [2.05, 4.69) is 33.8 Å². The fourth-order valence-corrected chi connectivity index (χ4v) is 3.59. The highest BCUT2D eigenvalue weighted by Crippen LogP contribution is 2.28. The molecule has 23 heavy (non-hydrogen) atoms. The van der Waals surface area contributed by atoms with Gasteiger partial charge in [-0.2, -0.15) is 5.10 Å². The number of aliphatic hydroxyl groups is 1. The van der Waals surface area contributed by atoms with Crippen molar-refractivity contribution in [3.8, 4) is 0 Å². The minimum absolute atomic E-state index is 0.151. The molecule has 3 rings (SSSR count). The number of nitrogens with zero attached hydrogens (tertiary/aromatic N) is 4. The summed E-state index contributed by atoms with van der Waals surface area (Å²) in [4.78, 5) is 4.08. The highest BCUT2D eigenvalue weighted by molar-refractivity contribution is 5.21. The van der Waals surface area contributed by atoms with E-state index in [1.807, 2.05) is 30.5 Å². The van der Waals surface area contributed by atoms with Crippen LogP contribution in [0.1, 0.15) is 43.9 Å². The molecule has 3 atom stereocenters. The zero-order valence-corrected chi connectivity index (χ0v) is 14.2. The van der Waals surface area contributed by atoms with Crippen molar-refractivity contribution in [2.24, 2.45) is 13.0 Å². The molecule has 0 aromatic carbocycles. The predicted octanol–water partition coefficient (Wildman–Crippen LogP) is 1.67. The molecule has 2 N–H and O–H groups in total. The van der Waals surface area contributed by atoms with Gasteiger partial charge < -0.3 is 15.0 Å². The molecule has 2 heterocycles. The van der Waals surface area contributed by atoms with Crippen LogP contribution < -0.4 is 5.32 Å². The second kappa shape index (κ2) is 6.84. The van der Waals surface area contributed by atoms with Gasteiger partial charge in [0.1, 0.15) is 0 Å². The van der Waals surface area contributed by atoms with Crippen LogP contribution in [-0.2, 0) is 20.1 Å². The molecule has 1 unspecified atom stereocenters. The normalized spacial score (nSPS) is 24.7. The lowest BCUT2D eigenvalue weighted by atomic mass is 10.0. The maximum absolute atomic E-state index is 10.4. The molecule has 1 aliphatic rings. The first-order valence-electron chi connectivity index (χ1n) is 8.42. The summed E-state index contributed by atoms with van der Waals surface area (Å²) in [6, 6.07) is 0.151. The fraction of sp³-hybridized carbons (Fsp3) is 0.647. The molecular formula is C17H27N5O. The Balaban J connectivity index is 1.57. The van der Waals surface area contributed by atoms with E-state index in [0.717, 1.165) is 25.9 Å². The highest BCUT2D eigenvalue weighted by Gasteiger charge is 2.33. The lowest BCUT2D eigenvalue weighted by molar-refractivity contribution is 0.145. The van der Waals surface area contributed by atoms with E-state index in [1.54, 1.807) is 6.20 Å². The molecule has 0 aliphatic heterocycles. The van der Waals surface area contributed by atoms with Crippen LogP contribution in [-0.4, -0.2) is 36.6 Å². The average Bonchev–Trinajstić information content (AvgIpc) is 3.19. The number of hydrogen-bond donors (Lipinski definition) is 2. The molecule has 0 radical (unpaired) electrons. The summed E-state index contributed by atoms with van der Waals surface area (Å²) in [5.74, 6) is 0.954. The predicted molar refractivity (Wildman–Crippen MR) is 88.9 cm³/mol. The summed E-state index contributed by atoms with van der Waals surface area (Å²) >= 11 is 0. The van der Waals surface area contributed by atoms with Crippen molar-refractivity contribution >= 4 is 0 Å². The number of rotatable bonds is 6. The van der Waals surface area contributed by atoms with Crippen molar-refractivity contribution < 1.29 is 5.11 Å². The molecular weight excluding hydrogens is 290 g/mol. The monoisotopic (exact) mass is 317 g/mol.